The quantitative estimate of drug-likeness (QED) is 0.331. The van der Waals surface area contributed by atoms with Crippen molar-refractivity contribution in [2.45, 2.75) is 56.8 Å². The zero-order chi connectivity index (χ0) is 30.4. The molecule has 2 aromatic rings. The van der Waals surface area contributed by atoms with Gasteiger partial charge in [-0.3, -0.25) is 14.4 Å². The van der Waals surface area contributed by atoms with Crippen LogP contribution in [-0.4, -0.2) is 83.3 Å². The molecule has 2 heterocycles. The molecule has 5 N–H and O–H groups in total. The zero-order valence-electron chi connectivity index (χ0n) is 23.7. The normalized spacial score (nSPS) is 19.7. The van der Waals surface area contributed by atoms with Crippen LogP contribution in [0, 0.1) is 5.92 Å². The fraction of sp³-hybridized carbons (Fsp3) is 0.536. The Morgan fingerprint density at radius 2 is 1.79 bits per heavy atom. The van der Waals surface area contributed by atoms with E-state index in [9.17, 15) is 27.6 Å². The number of hydrogen-bond acceptors (Lipinski definition) is 8. The predicted octanol–water partition coefficient (Wildman–Crippen LogP) is 2.98. The summed E-state index contributed by atoms with van der Waals surface area (Å²) in [5, 5.41) is 8.35. The summed E-state index contributed by atoms with van der Waals surface area (Å²) in [7, 11) is 3.86. The number of nitrogens with two attached hydrogens (primary N) is 1. The molecule has 11 nitrogen and oxygen atoms in total. The highest BCUT2D eigenvalue weighted by Gasteiger charge is 2.39. The molecule has 1 saturated heterocycles. The van der Waals surface area contributed by atoms with Crippen LogP contribution >= 0.6 is 0 Å². The first-order chi connectivity index (χ1) is 19.9. The number of piperidine rings is 1. The molecule has 0 bridgehead atoms. The van der Waals surface area contributed by atoms with Crippen LogP contribution in [0.2, 0.25) is 0 Å². The highest BCUT2D eigenvalue weighted by molar-refractivity contribution is 5.94. The van der Waals surface area contributed by atoms with Crippen LogP contribution in [0.15, 0.2) is 30.5 Å². The Hall–Kier alpha value is -3.94. The van der Waals surface area contributed by atoms with Crippen LogP contribution in [-0.2, 0) is 15.8 Å². The lowest BCUT2D eigenvalue weighted by Crippen LogP contribution is -2.44. The van der Waals surface area contributed by atoms with E-state index in [-0.39, 0.29) is 36.8 Å². The lowest BCUT2D eigenvalue weighted by atomic mass is 10.0. The maximum absolute atomic E-state index is 13.8. The van der Waals surface area contributed by atoms with Crippen LogP contribution in [0.4, 0.5) is 30.6 Å². The fourth-order valence-electron chi connectivity index (χ4n) is 5.40. The van der Waals surface area contributed by atoms with E-state index in [0.717, 1.165) is 25.9 Å². The fourth-order valence-corrected chi connectivity index (χ4v) is 5.40. The number of carbonyl (C=O) groups is 3. The van der Waals surface area contributed by atoms with Gasteiger partial charge in [0, 0.05) is 49.5 Å². The highest BCUT2D eigenvalue weighted by atomic mass is 19.4. The van der Waals surface area contributed by atoms with Gasteiger partial charge in [-0.25, -0.2) is 4.98 Å². The Bertz CT molecular complexity index is 1270. The first kappa shape index (κ1) is 31.0. The number of benzene rings is 1. The Labute approximate surface area is 242 Å². The summed E-state index contributed by atoms with van der Waals surface area (Å²) in [5.41, 5.74) is 5.05. The summed E-state index contributed by atoms with van der Waals surface area (Å²) in [5.74, 6) is -2.13. The molecule has 1 saturated carbocycles. The maximum Gasteiger partial charge on any atom is 0.421 e. The van der Waals surface area contributed by atoms with Gasteiger partial charge < -0.3 is 31.5 Å². The van der Waals surface area contributed by atoms with Crippen molar-refractivity contribution < 1.29 is 27.6 Å². The summed E-state index contributed by atoms with van der Waals surface area (Å²) in [6.45, 7) is 1.92. The van der Waals surface area contributed by atoms with Gasteiger partial charge in [0.2, 0.25) is 17.8 Å². The van der Waals surface area contributed by atoms with Crippen molar-refractivity contribution in [2.24, 2.45) is 11.7 Å². The van der Waals surface area contributed by atoms with Crippen LogP contribution in [0.1, 0.15) is 54.4 Å². The summed E-state index contributed by atoms with van der Waals surface area (Å²) in [4.78, 5) is 48.6. The van der Waals surface area contributed by atoms with Crippen molar-refractivity contribution in [1.29, 1.82) is 0 Å². The Balaban J connectivity index is 1.45. The van der Waals surface area contributed by atoms with E-state index >= 15 is 0 Å². The lowest BCUT2D eigenvalue weighted by molar-refractivity contribution is -0.137. The molecule has 4 rings (SSSR count). The number of anilines is 3. The number of carbonyl (C=O) groups excluding carboxylic acids is 3. The van der Waals surface area contributed by atoms with E-state index in [1.807, 2.05) is 0 Å². The largest absolute Gasteiger partial charge is 0.421 e. The minimum absolute atomic E-state index is 0.0279. The molecule has 0 unspecified atom stereocenters. The number of primary amides is 1. The second kappa shape index (κ2) is 13.4. The highest BCUT2D eigenvalue weighted by Crippen LogP contribution is 2.36. The molecule has 1 aliphatic carbocycles. The summed E-state index contributed by atoms with van der Waals surface area (Å²) in [6.07, 6.45) is -0.650. The van der Waals surface area contributed by atoms with Crippen molar-refractivity contribution in [3.63, 3.8) is 0 Å². The lowest BCUT2D eigenvalue weighted by Gasteiger charge is -2.35. The topological polar surface area (TPSA) is 146 Å². The van der Waals surface area contributed by atoms with Crippen molar-refractivity contribution in [3.8, 4) is 0 Å². The molecule has 2 aliphatic rings. The van der Waals surface area contributed by atoms with E-state index in [2.05, 4.69) is 37.9 Å². The molecule has 228 valence electrons. The van der Waals surface area contributed by atoms with Crippen molar-refractivity contribution in [2.75, 3.05) is 44.4 Å². The van der Waals surface area contributed by atoms with Gasteiger partial charge in [-0.05, 0) is 70.1 Å². The predicted molar refractivity (Wildman–Crippen MR) is 151 cm³/mol. The van der Waals surface area contributed by atoms with Crippen LogP contribution in [0.5, 0.6) is 0 Å². The molecule has 42 heavy (non-hydrogen) atoms. The van der Waals surface area contributed by atoms with Crippen molar-refractivity contribution in [3.05, 3.63) is 41.6 Å². The first-order valence-electron chi connectivity index (χ1n) is 14.0. The molecule has 2 atom stereocenters. The number of hydrogen-bond donors (Lipinski definition) is 4. The maximum atomic E-state index is 13.8. The number of nitrogens with one attached hydrogen (secondary N) is 3. The molecule has 2 fully saturated rings. The molecule has 1 aliphatic heterocycles. The molecular formula is C28H37F3N8O3. The number of likely N-dealkylation sites (tertiary alicyclic amines) is 1. The Morgan fingerprint density at radius 3 is 2.43 bits per heavy atom. The second-order valence-electron chi connectivity index (χ2n) is 10.9. The standard InChI is InChI=1S/C28H37F3N8O3/c1-38-14-11-19(12-15-38)39(2)26(42)17-6-8-18(9-7-17)35-27-34-16-21(28(29,30)31)24(37-27)36-22-5-3-4-20(22)25(41)33-13-10-23(32)40/h6-9,16,19-20,22H,3-5,10-15H2,1-2H3,(H2,32,40)(H,33,41)(H2,34,35,36,37)/t20-,22+/m0/s1. The Morgan fingerprint density at radius 1 is 1.10 bits per heavy atom. The molecule has 0 radical (unpaired) electrons. The molecule has 1 aromatic heterocycles. The van der Waals surface area contributed by atoms with Gasteiger partial charge >= 0.3 is 6.18 Å². The van der Waals surface area contributed by atoms with E-state index < -0.39 is 35.4 Å². The monoisotopic (exact) mass is 590 g/mol. The summed E-state index contributed by atoms with van der Waals surface area (Å²) in [6, 6.07) is 6.17. The number of rotatable bonds is 10. The molecule has 3 amide bonds. The third kappa shape index (κ3) is 7.87. The van der Waals surface area contributed by atoms with Crippen molar-refractivity contribution in [1.82, 2.24) is 25.1 Å². The SMILES string of the molecule is CN1CCC(N(C)C(=O)c2ccc(Nc3ncc(C(F)(F)F)c(N[C@@H]4CCC[C@@H]4C(=O)NCCC(N)=O)n3)cc2)CC1. The average Bonchev–Trinajstić information content (AvgIpc) is 3.40. The Kier molecular flexibility index (Phi) is 9.86. The van der Waals surface area contributed by atoms with Gasteiger partial charge in [0.05, 0.1) is 5.92 Å². The van der Waals surface area contributed by atoms with Gasteiger partial charge in [-0.15, -0.1) is 0 Å². The van der Waals surface area contributed by atoms with Crippen LogP contribution in [0.25, 0.3) is 0 Å². The average molecular weight is 591 g/mol. The van der Waals surface area contributed by atoms with Gasteiger partial charge in [-0.1, -0.05) is 6.42 Å². The van der Waals surface area contributed by atoms with Crippen LogP contribution < -0.4 is 21.7 Å². The van der Waals surface area contributed by atoms with E-state index in [4.69, 9.17) is 5.73 Å². The van der Waals surface area contributed by atoms with Crippen molar-refractivity contribution >= 4 is 35.2 Å². The molecule has 0 spiro atoms. The number of amides is 3. The number of alkyl halides is 3. The minimum atomic E-state index is -4.72. The van der Waals surface area contributed by atoms with Gasteiger partial charge in [-0.2, -0.15) is 18.2 Å². The van der Waals surface area contributed by atoms with Gasteiger partial charge in [0.15, 0.2) is 0 Å². The molecule has 14 heteroatoms. The zero-order valence-corrected chi connectivity index (χ0v) is 23.7. The number of halogens is 3. The van der Waals surface area contributed by atoms with E-state index in [1.54, 1.807) is 36.2 Å². The summed E-state index contributed by atoms with van der Waals surface area (Å²) >= 11 is 0. The number of nitrogens with zero attached hydrogens (tertiary/aromatic N) is 4. The second-order valence-corrected chi connectivity index (χ2v) is 10.9. The van der Waals surface area contributed by atoms with Gasteiger partial charge in [0.1, 0.15) is 11.4 Å². The van der Waals surface area contributed by atoms with Crippen LogP contribution in [0.3, 0.4) is 0 Å². The third-order valence-corrected chi connectivity index (χ3v) is 7.88. The first-order valence-corrected chi connectivity index (χ1v) is 14.0. The smallest absolute Gasteiger partial charge is 0.370 e. The minimum Gasteiger partial charge on any atom is -0.370 e. The summed E-state index contributed by atoms with van der Waals surface area (Å²) < 4.78 is 41.4. The van der Waals surface area contributed by atoms with E-state index in [1.165, 1.54) is 0 Å². The number of aromatic nitrogens is 2. The van der Waals surface area contributed by atoms with Gasteiger partial charge in [0.25, 0.3) is 5.91 Å². The van der Waals surface area contributed by atoms with E-state index in [0.29, 0.717) is 36.7 Å². The third-order valence-electron chi connectivity index (χ3n) is 7.88. The molecular weight excluding hydrogens is 553 g/mol. The molecule has 1 aromatic carbocycles.